The summed E-state index contributed by atoms with van der Waals surface area (Å²) in [6.07, 6.45) is 0. The quantitative estimate of drug-likeness (QED) is 0.863. The fourth-order valence-corrected chi connectivity index (χ4v) is 2.04. The zero-order valence-electron chi connectivity index (χ0n) is 11.7. The maximum Gasteiger partial charge on any atom is 0.146 e. The summed E-state index contributed by atoms with van der Waals surface area (Å²) in [5.74, 6) is 2.09. The average Bonchev–Trinajstić information content (AvgIpc) is 2.48. The van der Waals surface area contributed by atoms with Gasteiger partial charge >= 0.3 is 0 Å². The van der Waals surface area contributed by atoms with Crippen molar-refractivity contribution in [2.45, 2.75) is 13.5 Å². The molecule has 1 N–H and O–H groups in total. The predicted molar refractivity (Wildman–Crippen MR) is 81.9 cm³/mol. The van der Waals surface area contributed by atoms with Crippen molar-refractivity contribution in [1.82, 2.24) is 5.32 Å². The highest BCUT2D eigenvalue weighted by atomic mass is 35.5. The number of rotatable bonds is 6. The summed E-state index contributed by atoms with van der Waals surface area (Å²) in [7, 11) is 1.63. The average molecular weight is 292 g/mol. The van der Waals surface area contributed by atoms with Crippen LogP contribution in [0.5, 0.6) is 17.2 Å². The molecule has 0 saturated carbocycles. The lowest BCUT2D eigenvalue weighted by Gasteiger charge is -2.10. The van der Waals surface area contributed by atoms with E-state index < -0.39 is 0 Å². The number of hydrogen-bond donors (Lipinski definition) is 1. The van der Waals surface area contributed by atoms with Crippen molar-refractivity contribution in [2.24, 2.45) is 0 Å². The molecule has 0 amide bonds. The van der Waals surface area contributed by atoms with Gasteiger partial charge in [0, 0.05) is 12.6 Å². The van der Waals surface area contributed by atoms with Crippen LogP contribution in [0.2, 0.25) is 5.02 Å². The zero-order chi connectivity index (χ0) is 14.4. The van der Waals surface area contributed by atoms with Crippen LogP contribution in [0.4, 0.5) is 0 Å². The fraction of sp³-hybridized carbons (Fsp3) is 0.250. The Morgan fingerprint density at radius 2 is 1.90 bits per heavy atom. The lowest BCUT2D eigenvalue weighted by Crippen LogP contribution is -2.11. The lowest BCUT2D eigenvalue weighted by atomic mass is 10.2. The predicted octanol–water partition coefficient (Wildman–Crippen LogP) is 4.25. The lowest BCUT2D eigenvalue weighted by molar-refractivity contribution is 0.409. The van der Waals surface area contributed by atoms with Crippen LogP contribution in [0.15, 0.2) is 42.5 Å². The Hall–Kier alpha value is -1.71. The Balaban J connectivity index is 2.12. The molecule has 0 atom stereocenters. The Kier molecular flexibility index (Phi) is 5.27. The number of nitrogens with one attached hydrogen (secondary N) is 1. The molecule has 0 radical (unpaired) electrons. The van der Waals surface area contributed by atoms with Crippen LogP contribution in [-0.4, -0.2) is 13.7 Å². The molecule has 0 aliphatic heterocycles. The molecule has 2 rings (SSSR count). The standard InChI is InChI=1S/C16H18ClNO2/c1-3-18-11-12-7-8-16(15(17)9-12)20-14-6-4-5-13(10-14)19-2/h4-10,18H,3,11H2,1-2H3. The minimum atomic E-state index is 0.600. The molecule has 20 heavy (non-hydrogen) atoms. The van der Waals surface area contributed by atoms with Crippen LogP contribution in [0, 0.1) is 0 Å². The third-order valence-electron chi connectivity index (χ3n) is 2.84. The summed E-state index contributed by atoms with van der Waals surface area (Å²) < 4.78 is 10.9. The molecular weight excluding hydrogens is 274 g/mol. The molecule has 0 spiro atoms. The van der Waals surface area contributed by atoms with Crippen molar-refractivity contribution in [3.63, 3.8) is 0 Å². The van der Waals surface area contributed by atoms with Gasteiger partial charge in [-0.1, -0.05) is 30.7 Å². The highest BCUT2D eigenvalue weighted by Crippen LogP contribution is 2.31. The summed E-state index contributed by atoms with van der Waals surface area (Å²) in [5.41, 5.74) is 1.13. The van der Waals surface area contributed by atoms with Crippen LogP contribution in [-0.2, 0) is 6.54 Å². The number of halogens is 1. The Morgan fingerprint density at radius 3 is 2.60 bits per heavy atom. The molecule has 0 unspecified atom stereocenters. The smallest absolute Gasteiger partial charge is 0.146 e. The van der Waals surface area contributed by atoms with Gasteiger partial charge in [-0.05, 0) is 36.4 Å². The van der Waals surface area contributed by atoms with Gasteiger partial charge in [0.25, 0.3) is 0 Å². The summed E-state index contributed by atoms with van der Waals surface area (Å²) in [4.78, 5) is 0. The Bertz CT molecular complexity index is 572. The topological polar surface area (TPSA) is 30.5 Å². The van der Waals surface area contributed by atoms with Crippen LogP contribution >= 0.6 is 11.6 Å². The summed E-state index contributed by atoms with van der Waals surface area (Å²) in [6, 6.07) is 13.2. The van der Waals surface area contributed by atoms with E-state index in [9.17, 15) is 0 Å². The van der Waals surface area contributed by atoms with Crippen molar-refractivity contribution in [1.29, 1.82) is 0 Å². The van der Waals surface area contributed by atoms with E-state index in [1.807, 2.05) is 42.5 Å². The van der Waals surface area contributed by atoms with Crippen molar-refractivity contribution in [3.05, 3.63) is 53.1 Å². The molecule has 0 aromatic heterocycles. The minimum Gasteiger partial charge on any atom is -0.497 e. The van der Waals surface area contributed by atoms with E-state index in [0.717, 1.165) is 24.4 Å². The van der Waals surface area contributed by atoms with Gasteiger partial charge in [0.1, 0.15) is 17.2 Å². The third-order valence-corrected chi connectivity index (χ3v) is 3.14. The van der Waals surface area contributed by atoms with Crippen molar-refractivity contribution in [2.75, 3.05) is 13.7 Å². The molecule has 3 nitrogen and oxygen atoms in total. The van der Waals surface area contributed by atoms with Gasteiger partial charge in [0.2, 0.25) is 0 Å². The highest BCUT2D eigenvalue weighted by Gasteiger charge is 2.05. The van der Waals surface area contributed by atoms with Crippen LogP contribution in [0.25, 0.3) is 0 Å². The van der Waals surface area contributed by atoms with E-state index >= 15 is 0 Å². The van der Waals surface area contributed by atoms with Gasteiger partial charge in [0.15, 0.2) is 0 Å². The SMILES string of the molecule is CCNCc1ccc(Oc2cccc(OC)c2)c(Cl)c1. The first-order valence-corrected chi connectivity index (χ1v) is 6.91. The Morgan fingerprint density at radius 1 is 1.10 bits per heavy atom. The monoisotopic (exact) mass is 291 g/mol. The van der Waals surface area contributed by atoms with Crippen molar-refractivity contribution < 1.29 is 9.47 Å². The molecule has 0 saturated heterocycles. The molecule has 0 aliphatic rings. The third kappa shape index (κ3) is 3.89. The molecule has 2 aromatic rings. The van der Waals surface area contributed by atoms with Crippen molar-refractivity contribution in [3.8, 4) is 17.2 Å². The highest BCUT2D eigenvalue weighted by molar-refractivity contribution is 6.32. The van der Waals surface area contributed by atoms with E-state index in [4.69, 9.17) is 21.1 Å². The molecule has 0 fully saturated rings. The summed E-state index contributed by atoms with van der Waals surface area (Å²) in [5, 5.41) is 3.86. The van der Waals surface area contributed by atoms with Gasteiger partial charge in [-0.15, -0.1) is 0 Å². The van der Waals surface area contributed by atoms with Gasteiger partial charge in [-0.3, -0.25) is 0 Å². The van der Waals surface area contributed by atoms with Crippen LogP contribution in [0.3, 0.4) is 0 Å². The molecule has 0 heterocycles. The molecule has 106 valence electrons. The van der Waals surface area contributed by atoms with E-state index in [1.54, 1.807) is 7.11 Å². The normalized spacial score (nSPS) is 10.3. The molecule has 2 aromatic carbocycles. The minimum absolute atomic E-state index is 0.600. The number of methoxy groups -OCH3 is 1. The molecule has 4 heteroatoms. The van der Waals surface area contributed by atoms with E-state index in [-0.39, 0.29) is 0 Å². The van der Waals surface area contributed by atoms with E-state index in [1.165, 1.54) is 0 Å². The second-order valence-corrected chi connectivity index (χ2v) is 4.73. The van der Waals surface area contributed by atoms with E-state index in [2.05, 4.69) is 12.2 Å². The van der Waals surface area contributed by atoms with Crippen LogP contribution < -0.4 is 14.8 Å². The van der Waals surface area contributed by atoms with Crippen LogP contribution in [0.1, 0.15) is 12.5 Å². The largest absolute Gasteiger partial charge is 0.497 e. The first-order valence-electron chi connectivity index (χ1n) is 6.54. The summed E-state index contributed by atoms with van der Waals surface area (Å²) in [6.45, 7) is 3.80. The molecule has 0 bridgehead atoms. The second kappa shape index (κ2) is 7.17. The van der Waals surface area contributed by atoms with Gasteiger partial charge in [0.05, 0.1) is 12.1 Å². The fourth-order valence-electron chi connectivity index (χ4n) is 1.80. The number of benzene rings is 2. The summed E-state index contributed by atoms with van der Waals surface area (Å²) >= 11 is 6.25. The van der Waals surface area contributed by atoms with Gasteiger partial charge in [-0.2, -0.15) is 0 Å². The molecule has 0 aliphatic carbocycles. The van der Waals surface area contributed by atoms with Crippen molar-refractivity contribution >= 4 is 11.6 Å². The maximum atomic E-state index is 6.25. The number of hydrogen-bond acceptors (Lipinski definition) is 3. The zero-order valence-corrected chi connectivity index (χ0v) is 12.4. The maximum absolute atomic E-state index is 6.25. The molecular formula is C16H18ClNO2. The van der Waals surface area contributed by atoms with Gasteiger partial charge in [-0.25, -0.2) is 0 Å². The first kappa shape index (κ1) is 14.7. The Labute approximate surface area is 124 Å². The first-order chi connectivity index (χ1) is 9.72. The second-order valence-electron chi connectivity index (χ2n) is 4.33. The van der Waals surface area contributed by atoms with E-state index in [0.29, 0.717) is 16.5 Å². The number of ether oxygens (including phenoxy) is 2. The van der Waals surface area contributed by atoms with Gasteiger partial charge < -0.3 is 14.8 Å².